The number of aromatic carboxylic acids is 1. The Morgan fingerprint density at radius 1 is 1.00 bits per heavy atom. The predicted molar refractivity (Wildman–Crippen MR) is 136 cm³/mol. The summed E-state index contributed by atoms with van der Waals surface area (Å²) in [5, 5.41) is 11.2. The first kappa shape index (κ1) is 25.2. The van der Waals surface area contributed by atoms with E-state index in [2.05, 4.69) is 5.32 Å². The summed E-state index contributed by atoms with van der Waals surface area (Å²) in [6.45, 7) is 3.84. The highest BCUT2D eigenvalue weighted by Gasteiger charge is 2.37. The quantitative estimate of drug-likeness (QED) is 0.367. The molecule has 9 heteroatoms. The Labute approximate surface area is 212 Å². The molecular formula is C28H24N2O7. The molecular weight excluding hydrogens is 476 g/mol. The maximum Gasteiger partial charge on any atom is 0.335 e. The van der Waals surface area contributed by atoms with Crippen LogP contribution in [0.25, 0.3) is 6.08 Å². The zero-order chi connectivity index (χ0) is 26.7. The minimum absolute atomic E-state index is 0.171. The molecule has 0 saturated carbocycles. The first-order chi connectivity index (χ1) is 17.7. The monoisotopic (exact) mass is 500 g/mol. The zero-order valence-electron chi connectivity index (χ0n) is 20.4. The minimum atomic E-state index is -1.01. The number of carbonyl (C=O) groups is 4. The first-order valence-corrected chi connectivity index (χ1v) is 11.3. The molecule has 1 aliphatic rings. The summed E-state index contributed by atoms with van der Waals surface area (Å²) in [5.74, 6) is -1.75. The van der Waals surface area contributed by atoms with Gasteiger partial charge in [-0.2, -0.15) is 0 Å². The fourth-order valence-electron chi connectivity index (χ4n) is 3.82. The number of carbonyl (C=O) groups excluding carboxylic acids is 3. The van der Waals surface area contributed by atoms with Crippen molar-refractivity contribution in [3.63, 3.8) is 0 Å². The number of hydrogen-bond donors (Lipinski definition) is 2. The number of anilines is 1. The molecule has 2 N–H and O–H groups in total. The molecule has 1 fully saturated rings. The average molecular weight is 501 g/mol. The van der Waals surface area contributed by atoms with Crippen LogP contribution in [0.5, 0.6) is 11.5 Å². The Balaban J connectivity index is 1.58. The third-order valence-electron chi connectivity index (χ3n) is 6.01. The molecule has 188 valence electrons. The fourth-order valence-corrected chi connectivity index (χ4v) is 3.82. The van der Waals surface area contributed by atoms with E-state index in [0.29, 0.717) is 22.7 Å². The molecule has 1 heterocycles. The number of aryl methyl sites for hydroxylation is 1. The highest BCUT2D eigenvalue weighted by atomic mass is 16.5. The number of urea groups is 1. The molecule has 0 spiro atoms. The number of carboxylic acid groups (broad SMARTS) is 1. The van der Waals surface area contributed by atoms with Gasteiger partial charge >= 0.3 is 12.0 Å². The zero-order valence-corrected chi connectivity index (χ0v) is 20.4. The van der Waals surface area contributed by atoms with Gasteiger partial charge in [0.2, 0.25) is 0 Å². The van der Waals surface area contributed by atoms with Gasteiger partial charge in [-0.25, -0.2) is 14.5 Å². The van der Waals surface area contributed by atoms with E-state index in [1.807, 2.05) is 13.0 Å². The topological polar surface area (TPSA) is 122 Å². The van der Waals surface area contributed by atoms with Crippen molar-refractivity contribution in [2.24, 2.45) is 0 Å². The average Bonchev–Trinajstić information content (AvgIpc) is 2.88. The van der Waals surface area contributed by atoms with Crippen molar-refractivity contribution in [1.29, 1.82) is 0 Å². The maximum atomic E-state index is 13.2. The Morgan fingerprint density at radius 2 is 1.73 bits per heavy atom. The van der Waals surface area contributed by atoms with Crippen LogP contribution in [0.3, 0.4) is 0 Å². The maximum absolute atomic E-state index is 13.2. The van der Waals surface area contributed by atoms with Gasteiger partial charge in [0.25, 0.3) is 11.8 Å². The van der Waals surface area contributed by atoms with Crippen molar-refractivity contribution in [3.8, 4) is 11.5 Å². The van der Waals surface area contributed by atoms with Gasteiger partial charge < -0.3 is 14.6 Å². The number of barbiturate groups is 1. The van der Waals surface area contributed by atoms with E-state index in [4.69, 9.17) is 14.6 Å². The molecule has 0 bridgehead atoms. The molecule has 37 heavy (non-hydrogen) atoms. The number of benzene rings is 3. The predicted octanol–water partition coefficient (Wildman–Crippen LogP) is 4.26. The van der Waals surface area contributed by atoms with Crippen LogP contribution in [0.1, 0.15) is 32.6 Å². The molecule has 1 aliphatic heterocycles. The van der Waals surface area contributed by atoms with E-state index in [0.717, 1.165) is 21.6 Å². The SMILES string of the molecule is COc1cc(C=C2C(=O)NC(=O)N(c3cccc(C)c3C)C2=O)ccc1OCc1ccc(C(=O)O)cc1. The molecule has 4 amide bonds. The van der Waals surface area contributed by atoms with Crippen LogP contribution in [0.15, 0.2) is 66.2 Å². The third kappa shape index (κ3) is 5.20. The van der Waals surface area contributed by atoms with Crippen LogP contribution in [-0.2, 0) is 16.2 Å². The smallest absolute Gasteiger partial charge is 0.335 e. The summed E-state index contributed by atoms with van der Waals surface area (Å²) in [6, 6.07) is 15.6. The number of imide groups is 2. The van der Waals surface area contributed by atoms with Crippen molar-refractivity contribution in [2.75, 3.05) is 12.0 Å². The second-order valence-electron chi connectivity index (χ2n) is 8.38. The molecule has 9 nitrogen and oxygen atoms in total. The second-order valence-corrected chi connectivity index (χ2v) is 8.38. The van der Waals surface area contributed by atoms with Gasteiger partial charge in [-0.05, 0) is 72.5 Å². The summed E-state index contributed by atoms with van der Waals surface area (Å²) in [5.41, 5.74) is 3.29. The van der Waals surface area contributed by atoms with E-state index in [-0.39, 0.29) is 17.7 Å². The van der Waals surface area contributed by atoms with E-state index in [1.54, 1.807) is 49.4 Å². The summed E-state index contributed by atoms with van der Waals surface area (Å²) >= 11 is 0. The Hall–Kier alpha value is -4.92. The largest absolute Gasteiger partial charge is 0.493 e. The number of carboxylic acids is 1. The summed E-state index contributed by atoms with van der Waals surface area (Å²) in [7, 11) is 1.46. The minimum Gasteiger partial charge on any atom is -0.493 e. The van der Waals surface area contributed by atoms with Crippen LogP contribution in [0.4, 0.5) is 10.5 Å². The normalized spacial score (nSPS) is 14.5. The molecule has 3 aromatic carbocycles. The highest BCUT2D eigenvalue weighted by Crippen LogP contribution is 2.31. The summed E-state index contributed by atoms with van der Waals surface area (Å²) < 4.78 is 11.2. The molecule has 4 rings (SSSR count). The number of methoxy groups -OCH3 is 1. The summed E-state index contributed by atoms with van der Waals surface area (Å²) in [6.07, 6.45) is 1.39. The second kappa shape index (κ2) is 10.4. The highest BCUT2D eigenvalue weighted by molar-refractivity contribution is 6.39. The summed E-state index contributed by atoms with van der Waals surface area (Å²) in [4.78, 5) is 50.3. The number of ether oxygens (including phenoxy) is 2. The molecule has 0 atom stereocenters. The van der Waals surface area contributed by atoms with Gasteiger partial charge in [0.1, 0.15) is 12.2 Å². The molecule has 0 aliphatic carbocycles. The van der Waals surface area contributed by atoms with Crippen molar-refractivity contribution in [3.05, 3.63) is 94.1 Å². The lowest BCUT2D eigenvalue weighted by molar-refractivity contribution is -0.122. The van der Waals surface area contributed by atoms with Crippen molar-refractivity contribution >= 4 is 35.6 Å². The first-order valence-electron chi connectivity index (χ1n) is 11.3. The standard InChI is InChI=1S/C28H24N2O7/c1-16-5-4-6-22(17(16)2)30-26(32)21(25(31)29-28(30)35)13-19-9-12-23(24(14-19)36-3)37-15-18-7-10-20(11-8-18)27(33)34/h4-14H,15H2,1-3H3,(H,33,34)(H,29,31,35). The molecule has 0 aromatic heterocycles. The van der Waals surface area contributed by atoms with Crippen LogP contribution in [0.2, 0.25) is 0 Å². The lowest BCUT2D eigenvalue weighted by Gasteiger charge is -2.28. The lowest BCUT2D eigenvalue weighted by Crippen LogP contribution is -2.54. The van der Waals surface area contributed by atoms with Crippen molar-refractivity contribution in [1.82, 2.24) is 5.32 Å². The number of hydrogen-bond acceptors (Lipinski definition) is 6. The fraction of sp³-hybridized carbons (Fsp3) is 0.143. The van der Waals surface area contributed by atoms with E-state index in [9.17, 15) is 19.2 Å². The van der Waals surface area contributed by atoms with Gasteiger partial charge in [0, 0.05) is 0 Å². The van der Waals surface area contributed by atoms with E-state index in [1.165, 1.54) is 25.3 Å². The Bertz CT molecular complexity index is 1440. The number of amides is 4. The van der Waals surface area contributed by atoms with Crippen LogP contribution < -0.4 is 19.7 Å². The van der Waals surface area contributed by atoms with Gasteiger partial charge in [0.05, 0.1) is 18.4 Å². The number of nitrogens with one attached hydrogen (secondary N) is 1. The van der Waals surface area contributed by atoms with Crippen molar-refractivity contribution in [2.45, 2.75) is 20.5 Å². The van der Waals surface area contributed by atoms with E-state index >= 15 is 0 Å². The molecule has 1 saturated heterocycles. The van der Waals surface area contributed by atoms with Gasteiger partial charge in [0.15, 0.2) is 11.5 Å². The molecule has 3 aromatic rings. The van der Waals surface area contributed by atoms with Crippen LogP contribution >= 0.6 is 0 Å². The molecule has 0 radical (unpaired) electrons. The van der Waals surface area contributed by atoms with Gasteiger partial charge in [-0.1, -0.05) is 30.3 Å². The van der Waals surface area contributed by atoms with Crippen LogP contribution in [0, 0.1) is 13.8 Å². The van der Waals surface area contributed by atoms with E-state index < -0.39 is 23.8 Å². The van der Waals surface area contributed by atoms with Gasteiger partial charge in [-0.15, -0.1) is 0 Å². The third-order valence-corrected chi connectivity index (χ3v) is 6.01. The van der Waals surface area contributed by atoms with Gasteiger partial charge in [-0.3, -0.25) is 14.9 Å². The Kier molecular flexibility index (Phi) is 7.06. The Morgan fingerprint density at radius 3 is 2.41 bits per heavy atom. The molecule has 0 unspecified atom stereocenters. The lowest BCUT2D eigenvalue weighted by atomic mass is 10.0. The number of rotatable bonds is 7. The van der Waals surface area contributed by atoms with Crippen molar-refractivity contribution < 1.29 is 33.8 Å². The number of nitrogens with zero attached hydrogens (tertiary/aromatic N) is 1. The van der Waals surface area contributed by atoms with Crippen LogP contribution in [-0.4, -0.2) is 36.0 Å².